The van der Waals surface area contributed by atoms with Crippen molar-refractivity contribution in [3.05, 3.63) is 106 Å². The van der Waals surface area contributed by atoms with E-state index in [9.17, 15) is 13.2 Å². The molecule has 10 rings (SSSR count). The van der Waals surface area contributed by atoms with E-state index in [2.05, 4.69) is 95.8 Å². The minimum absolute atomic E-state index is 0.514. The second kappa shape index (κ2) is 8.34. The second-order valence-electron chi connectivity index (χ2n) is 13.2. The minimum Gasteiger partial charge on any atom is -0.237 e. The van der Waals surface area contributed by atoms with Gasteiger partial charge in [0.05, 0.1) is 5.56 Å². The summed E-state index contributed by atoms with van der Waals surface area (Å²) in [6.07, 6.45) is 5.46. The lowest BCUT2D eigenvalue weighted by atomic mass is 9.90. The predicted molar refractivity (Wildman–Crippen MR) is 174 cm³/mol. The number of pyridine rings is 2. The Balaban J connectivity index is 1.46. The van der Waals surface area contributed by atoms with Gasteiger partial charge in [-0.25, -0.2) is 4.68 Å². The molecule has 8 heteroatoms. The van der Waals surface area contributed by atoms with Crippen molar-refractivity contribution in [2.45, 2.75) is 69.2 Å². The number of rotatable bonds is 2. The summed E-state index contributed by atoms with van der Waals surface area (Å²) in [4.78, 5) is 1.41. The van der Waals surface area contributed by atoms with Crippen molar-refractivity contribution in [2.75, 3.05) is 0 Å². The molecule has 4 nitrogen and oxygen atoms in total. The molecule has 3 unspecified atom stereocenters. The number of hydrogen-bond acceptors (Lipinski definition) is 2. The number of hydrogen-bond donors (Lipinski definition) is 0. The van der Waals surface area contributed by atoms with Gasteiger partial charge in [0.1, 0.15) is 5.69 Å². The molecule has 3 atom stereocenters. The molecule has 1 saturated carbocycles. The number of aryl methyl sites for hydroxylation is 2. The van der Waals surface area contributed by atoms with Gasteiger partial charge in [0.15, 0.2) is 11.9 Å². The van der Waals surface area contributed by atoms with Crippen molar-refractivity contribution in [3.8, 4) is 22.6 Å². The third-order valence-electron chi connectivity index (χ3n) is 11.7. The first-order chi connectivity index (χ1) is 22.3. The Morgan fingerprint density at radius 2 is 1.80 bits per heavy atom. The third kappa shape index (κ3) is 2.62. The molecule has 4 aliphatic rings. The highest BCUT2D eigenvalue weighted by molar-refractivity contribution is 7.19. The molecule has 4 aromatic heterocycles. The van der Waals surface area contributed by atoms with E-state index in [0.717, 1.165) is 35.1 Å². The van der Waals surface area contributed by atoms with Crippen LogP contribution in [0, 0.1) is 6.92 Å². The number of halogens is 3. The highest BCUT2D eigenvalue weighted by Crippen LogP contribution is 2.78. The fourth-order valence-electron chi connectivity index (χ4n) is 10.3. The van der Waals surface area contributed by atoms with E-state index >= 15 is 0 Å². The summed E-state index contributed by atoms with van der Waals surface area (Å²) >= 11 is 1.88. The lowest BCUT2D eigenvalue weighted by molar-refractivity contribution is -0.790. The van der Waals surface area contributed by atoms with Crippen LogP contribution in [0.1, 0.15) is 60.4 Å². The van der Waals surface area contributed by atoms with Crippen LogP contribution in [-0.2, 0) is 29.2 Å². The lowest BCUT2D eigenvalue weighted by Gasteiger charge is -2.24. The zero-order chi connectivity index (χ0) is 31.4. The molecule has 2 aromatic carbocycles. The molecule has 0 radical (unpaired) electrons. The zero-order valence-electron chi connectivity index (χ0n) is 25.7. The van der Waals surface area contributed by atoms with Crippen LogP contribution in [-0.4, -0.2) is 9.78 Å². The Labute approximate surface area is 268 Å². The highest BCUT2D eigenvalue weighted by atomic mass is 32.1. The number of fused-ring (bicyclic) bond motifs is 19. The molecular formula is C38H31F3N4S+2. The first kappa shape index (κ1) is 26.9. The van der Waals surface area contributed by atoms with Gasteiger partial charge in [-0.2, -0.15) is 27.4 Å². The third-order valence-corrected chi connectivity index (χ3v) is 12.9. The summed E-state index contributed by atoms with van der Waals surface area (Å²) in [5, 5.41) is 6.94. The number of thiophene rings is 1. The van der Waals surface area contributed by atoms with Crippen LogP contribution in [0.4, 0.5) is 13.2 Å². The quantitative estimate of drug-likeness (QED) is 0.176. The second-order valence-corrected chi connectivity index (χ2v) is 14.4. The summed E-state index contributed by atoms with van der Waals surface area (Å²) in [5.74, 6) is 0. The van der Waals surface area contributed by atoms with Crippen molar-refractivity contribution < 1.29 is 22.3 Å². The van der Waals surface area contributed by atoms with Gasteiger partial charge < -0.3 is 0 Å². The normalized spacial score (nSPS) is 24.9. The summed E-state index contributed by atoms with van der Waals surface area (Å²) in [7, 11) is 0. The van der Waals surface area contributed by atoms with Crippen LogP contribution >= 0.6 is 11.3 Å². The number of benzene rings is 2. The molecule has 0 saturated heterocycles. The smallest absolute Gasteiger partial charge is 0.237 e. The topological polar surface area (TPSA) is 25.6 Å². The molecule has 2 aliphatic heterocycles. The molecule has 2 aliphatic carbocycles. The van der Waals surface area contributed by atoms with Gasteiger partial charge >= 0.3 is 6.18 Å². The van der Waals surface area contributed by atoms with Crippen LogP contribution in [0.2, 0.25) is 0 Å². The maximum atomic E-state index is 14.5. The van der Waals surface area contributed by atoms with E-state index < -0.39 is 28.5 Å². The Bertz CT molecular complexity index is 2380. The van der Waals surface area contributed by atoms with Crippen LogP contribution in [0.15, 0.2) is 79.0 Å². The Morgan fingerprint density at radius 1 is 0.978 bits per heavy atom. The van der Waals surface area contributed by atoms with Gasteiger partial charge in [-0.3, -0.25) is 0 Å². The monoisotopic (exact) mass is 632 g/mol. The molecule has 228 valence electrons. The SMILES string of the molecule is CCC12n3nc(C(F)(F)F)cc3-c3cccc[n+]3C1(CC)C21c2ccc3sc4c(c3c2-c2cc(C)c3ccccc3[n+]21)C=CCC4. The van der Waals surface area contributed by atoms with Crippen molar-refractivity contribution >= 4 is 38.4 Å². The largest absolute Gasteiger partial charge is 0.435 e. The van der Waals surface area contributed by atoms with E-state index in [-0.39, 0.29) is 0 Å². The number of para-hydroxylation sites is 1. The maximum absolute atomic E-state index is 14.5. The standard InChI is InChI=1S/C38H31F3N4S/c1-4-35-36(5-2,45-28(21-32(42-45)38(39,40)41)27-15-10-11-19-43(27)35)37(35)25-17-18-31-33(24-13-7-9-16-30(24)46-31)34(25)29-20-22(3)23-12-6-8-14-26(23)44(29)37/h6-8,10-15,17-21H,4-5,9,16H2,1-3H3/q+2. The number of aromatic nitrogens is 4. The molecule has 0 N–H and O–H groups in total. The number of allylic oxidation sites excluding steroid dienone is 1. The first-order valence-corrected chi connectivity index (χ1v) is 17.0. The van der Waals surface area contributed by atoms with Crippen LogP contribution in [0.3, 0.4) is 0 Å². The van der Waals surface area contributed by atoms with Gasteiger partial charge in [0.25, 0.3) is 11.1 Å². The predicted octanol–water partition coefficient (Wildman–Crippen LogP) is 8.44. The van der Waals surface area contributed by atoms with E-state index in [0.29, 0.717) is 18.5 Å². The number of nitrogens with zero attached hydrogens (tertiary/aromatic N) is 4. The first-order valence-electron chi connectivity index (χ1n) is 16.2. The minimum atomic E-state index is -4.56. The van der Waals surface area contributed by atoms with E-state index in [1.807, 2.05) is 29.5 Å². The molecule has 1 spiro atoms. The average molecular weight is 633 g/mol. The van der Waals surface area contributed by atoms with Crippen LogP contribution < -0.4 is 9.13 Å². The van der Waals surface area contributed by atoms with Gasteiger partial charge in [0.2, 0.25) is 22.4 Å². The molecule has 0 amide bonds. The van der Waals surface area contributed by atoms with E-state index in [4.69, 9.17) is 0 Å². The van der Waals surface area contributed by atoms with Crippen molar-refractivity contribution in [1.82, 2.24) is 9.78 Å². The van der Waals surface area contributed by atoms with E-state index in [1.165, 1.54) is 43.3 Å². The van der Waals surface area contributed by atoms with Crippen molar-refractivity contribution in [3.63, 3.8) is 0 Å². The molecular weight excluding hydrogens is 602 g/mol. The highest BCUT2D eigenvalue weighted by Gasteiger charge is 3.05. The summed E-state index contributed by atoms with van der Waals surface area (Å²) in [5.41, 5.74) is 5.35. The molecule has 1 fully saturated rings. The zero-order valence-corrected chi connectivity index (χ0v) is 26.6. The molecule has 6 aromatic rings. The van der Waals surface area contributed by atoms with Crippen molar-refractivity contribution in [2.24, 2.45) is 0 Å². The van der Waals surface area contributed by atoms with Gasteiger partial charge in [-0.05, 0) is 61.6 Å². The maximum Gasteiger partial charge on any atom is 0.435 e. The van der Waals surface area contributed by atoms with Crippen LogP contribution in [0.5, 0.6) is 0 Å². The summed E-state index contributed by atoms with van der Waals surface area (Å²) in [6.45, 7) is 6.51. The van der Waals surface area contributed by atoms with E-state index in [1.54, 1.807) is 4.68 Å². The fourth-order valence-corrected chi connectivity index (χ4v) is 11.5. The van der Waals surface area contributed by atoms with Crippen LogP contribution in [0.25, 0.3) is 49.7 Å². The Kier molecular flexibility index (Phi) is 4.87. The lowest BCUT2D eigenvalue weighted by Crippen LogP contribution is -2.60. The van der Waals surface area contributed by atoms with Crippen molar-refractivity contribution in [1.29, 1.82) is 0 Å². The Hall–Kier alpha value is -4.30. The van der Waals surface area contributed by atoms with Gasteiger partial charge in [-0.1, -0.05) is 38.1 Å². The average Bonchev–Trinajstić information content (AvgIpc) is 3.47. The molecule has 46 heavy (non-hydrogen) atoms. The number of alkyl halides is 3. The Morgan fingerprint density at radius 3 is 2.61 bits per heavy atom. The molecule has 6 heterocycles. The summed E-state index contributed by atoms with van der Waals surface area (Å²) in [6, 6.07) is 22.6. The summed E-state index contributed by atoms with van der Waals surface area (Å²) < 4.78 is 51.4. The fraction of sp³-hybridized carbons (Fsp3) is 0.289. The van der Waals surface area contributed by atoms with Gasteiger partial charge in [-0.15, -0.1) is 11.3 Å². The van der Waals surface area contributed by atoms with Gasteiger partial charge in [0, 0.05) is 62.7 Å². The molecule has 0 bridgehead atoms.